The summed E-state index contributed by atoms with van der Waals surface area (Å²) in [6.45, 7) is -0.563. The molecule has 0 aromatic heterocycles. The topological polar surface area (TPSA) is 3.24 Å². The lowest BCUT2D eigenvalue weighted by molar-refractivity contribution is 0.107. The van der Waals surface area contributed by atoms with E-state index >= 15 is 0 Å². The van der Waals surface area contributed by atoms with Crippen LogP contribution in [0.5, 0.6) is 0 Å². The number of halogens is 1. The van der Waals surface area contributed by atoms with Crippen LogP contribution in [-0.4, -0.2) is 29.6 Å². The molecule has 4 rings (SSSR count). The van der Waals surface area contributed by atoms with E-state index in [0.717, 1.165) is 4.90 Å². The van der Waals surface area contributed by atoms with E-state index in [1.807, 2.05) is 0 Å². The average molecular weight is 243 g/mol. The first-order chi connectivity index (χ1) is 10.3. The van der Waals surface area contributed by atoms with Crippen LogP contribution in [-0.2, 0) is 0 Å². The molecule has 2 saturated carbocycles. The molecule has 2 spiro atoms. The minimum absolute atomic E-state index is 0.0819. The van der Waals surface area contributed by atoms with Crippen molar-refractivity contribution in [1.29, 1.82) is 0 Å². The van der Waals surface area contributed by atoms with Gasteiger partial charge in [0.1, 0.15) is 6.17 Å². The second kappa shape index (κ2) is 2.89. The summed E-state index contributed by atoms with van der Waals surface area (Å²) in [4.78, 5) is 1.15. The van der Waals surface area contributed by atoms with E-state index in [1.165, 1.54) is 0 Å². The second-order valence-corrected chi connectivity index (χ2v) is 6.73. The molecule has 4 fully saturated rings. The second-order valence-electron chi connectivity index (χ2n) is 6.73. The average Bonchev–Trinajstić information content (AvgIpc) is 3.22. The maximum atomic E-state index is 14.2. The Morgan fingerprint density at radius 3 is 2.71 bits per heavy atom. The predicted octanol–water partition coefficient (Wildman–Crippen LogP) is 3.39. The van der Waals surface area contributed by atoms with Gasteiger partial charge in [0.2, 0.25) is 0 Å². The smallest absolute Gasteiger partial charge is 0.108 e. The zero-order chi connectivity index (χ0) is 17.3. The van der Waals surface area contributed by atoms with Crippen molar-refractivity contribution >= 4 is 0 Å². The van der Waals surface area contributed by atoms with Crippen LogP contribution in [0.15, 0.2) is 0 Å². The molecule has 0 aromatic rings. The van der Waals surface area contributed by atoms with Crippen LogP contribution < -0.4 is 0 Å². The van der Waals surface area contributed by atoms with Crippen molar-refractivity contribution in [2.45, 2.75) is 64.0 Å². The van der Waals surface area contributed by atoms with Crippen LogP contribution in [0.25, 0.3) is 0 Å². The molecule has 0 unspecified atom stereocenters. The molecule has 2 heteroatoms. The monoisotopic (exact) mass is 243 g/mol. The zero-order valence-electron chi connectivity index (χ0n) is 16.5. The van der Waals surface area contributed by atoms with Crippen LogP contribution in [0, 0.1) is 16.7 Å². The van der Waals surface area contributed by atoms with Gasteiger partial charge in [-0.25, -0.2) is 4.39 Å². The highest BCUT2D eigenvalue weighted by molar-refractivity contribution is 5.27. The number of fused-ring (bicyclic) bond motifs is 2. The highest BCUT2D eigenvalue weighted by atomic mass is 19.1. The molecular formula is C15H24FN. The standard InChI is InChI=1S/C15H24FN/c1-11(2)7-15-9-13(8-12(13)16)10-17(15)6-5-14(15)3-4-14/h11-12H,3-10H2,1-2H3/t12-,13+,15-/m1/s1/i6D2,7D2,10D2. The molecule has 0 N–H and O–H groups in total. The van der Waals surface area contributed by atoms with E-state index in [9.17, 15) is 4.39 Å². The van der Waals surface area contributed by atoms with Gasteiger partial charge in [-0.15, -0.1) is 0 Å². The van der Waals surface area contributed by atoms with Gasteiger partial charge in [0.15, 0.2) is 0 Å². The van der Waals surface area contributed by atoms with Crippen LogP contribution in [0.4, 0.5) is 4.39 Å². The predicted molar refractivity (Wildman–Crippen MR) is 66.6 cm³/mol. The van der Waals surface area contributed by atoms with Gasteiger partial charge in [-0.1, -0.05) is 13.8 Å². The Kier molecular flexibility index (Phi) is 1.08. The van der Waals surface area contributed by atoms with Crippen LogP contribution in [0.1, 0.15) is 60.5 Å². The van der Waals surface area contributed by atoms with E-state index in [1.54, 1.807) is 13.8 Å². The third-order valence-electron chi connectivity index (χ3n) is 5.10. The van der Waals surface area contributed by atoms with Crippen LogP contribution in [0.3, 0.4) is 0 Å². The first-order valence-electron chi connectivity index (χ1n) is 9.75. The molecule has 2 saturated heterocycles. The summed E-state index contributed by atoms with van der Waals surface area (Å²) in [5.41, 5.74) is -3.04. The van der Waals surface area contributed by atoms with Crippen molar-refractivity contribution in [3.8, 4) is 0 Å². The molecule has 1 nitrogen and oxygen atoms in total. The van der Waals surface area contributed by atoms with Gasteiger partial charge in [-0.2, -0.15) is 0 Å². The summed E-state index contributed by atoms with van der Waals surface area (Å²) < 4.78 is 65.8. The fourth-order valence-electron chi connectivity index (χ4n) is 3.92. The SMILES string of the molecule is [2H]C1([2H])CC2(CC2)[C@@]2(C([2H])([2H])C(C)C)C[C@@]3(C[C@H]3F)C([2H])([2H])N12. The molecule has 0 aromatic carbocycles. The summed E-state index contributed by atoms with van der Waals surface area (Å²) in [6.07, 6.45) is -1.33. The molecule has 17 heavy (non-hydrogen) atoms. The summed E-state index contributed by atoms with van der Waals surface area (Å²) in [5, 5.41) is 0. The maximum absolute atomic E-state index is 14.2. The molecule has 3 atom stereocenters. The maximum Gasteiger partial charge on any atom is 0.108 e. The largest absolute Gasteiger partial charge is 0.296 e. The van der Waals surface area contributed by atoms with Gasteiger partial charge in [0, 0.05) is 25.7 Å². The van der Waals surface area contributed by atoms with E-state index < -0.39 is 41.9 Å². The molecule has 96 valence electrons. The van der Waals surface area contributed by atoms with E-state index in [-0.39, 0.29) is 25.2 Å². The Labute approximate surface area is 112 Å². The molecule has 0 bridgehead atoms. The molecule has 2 aliphatic carbocycles. The Bertz CT molecular complexity index is 574. The third kappa shape index (κ3) is 1.18. The lowest BCUT2D eigenvalue weighted by Gasteiger charge is -2.39. The van der Waals surface area contributed by atoms with Crippen LogP contribution >= 0.6 is 0 Å². The third-order valence-corrected chi connectivity index (χ3v) is 5.10. The number of rotatable bonds is 2. The van der Waals surface area contributed by atoms with Gasteiger partial charge >= 0.3 is 0 Å². The van der Waals surface area contributed by atoms with Crippen molar-refractivity contribution in [3.05, 3.63) is 0 Å². The highest BCUT2D eigenvalue weighted by Gasteiger charge is 2.74. The molecule has 0 radical (unpaired) electrons. The first-order valence-corrected chi connectivity index (χ1v) is 6.75. The fourth-order valence-corrected chi connectivity index (χ4v) is 3.92. The zero-order valence-corrected chi connectivity index (χ0v) is 10.5. The normalized spacial score (nSPS) is 62.5. The van der Waals surface area contributed by atoms with E-state index in [0.29, 0.717) is 12.8 Å². The highest BCUT2D eigenvalue weighted by Crippen LogP contribution is 2.73. The summed E-state index contributed by atoms with van der Waals surface area (Å²) in [6, 6.07) is 0. The number of alkyl halides is 1. The summed E-state index contributed by atoms with van der Waals surface area (Å²) in [7, 11) is 0. The van der Waals surface area contributed by atoms with Crippen molar-refractivity contribution < 1.29 is 12.6 Å². The Balaban J connectivity index is 1.97. The van der Waals surface area contributed by atoms with Gasteiger partial charge in [-0.3, -0.25) is 4.90 Å². The molecule has 2 heterocycles. The van der Waals surface area contributed by atoms with Gasteiger partial charge in [-0.05, 0) is 56.3 Å². The first kappa shape index (κ1) is 6.36. The van der Waals surface area contributed by atoms with E-state index in [4.69, 9.17) is 8.22 Å². The molecule has 2 aliphatic heterocycles. The fraction of sp³-hybridized carbons (Fsp3) is 1.00. The number of hydrogen-bond donors (Lipinski definition) is 0. The van der Waals surface area contributed by atoms with Gasteiger partial charge in [0.05, 0.1) is 0 Å². The molecule has 0 amide bonds. The lowest BCUT2D eigenvalue weighted by Crippen LogP contribution is -2.45. The number of hydrogen-bond acceptors (Lipinski definition) is 1. The summed E-state index contributed by atoms with van der Waals surface area (Å²) in [5.74, 6) is -0.390. The van der Waals surface area contributed by atoms with Gasteiger partial charge < -0.3 is 0 Å². The van der Waals surface area contributed by atoms with Crippen molar-refractivity contribution in [3.63, 3.8) is 0 Å². The molecule has 4 aliphatic rings. The quantitative estimate of drug-likeness (QED) is 0.718. The van der Waals surface area contributed by atoms with Crippen molar-refractivity contribution in [2.24, 2.45) is 16.7 Å². The van der Waals surface area contributed by atoms with Crippen molar-refractivity contribution in [1.82, 2.24) is 4.90 Å². The lowest BCUT2D eigenvalue weighted by atomic mass is 9.72. The Hall–Kier alpha value is -0.110. The number of nitrogens with zero attached hydrogens (tertiary/aromatic N) is 1. The van der Waals surface area contributed by atoms with Gasteiger partial charge in [0.25, 0.3) is 0 Å². The minimum Gasteiger partial charge on any atom is -0.296 e. The van der Waals surface area contributed by atoms with Crippen LogP contribution in [0.2, 0.25) is 0 Å². The van der Waals surface area contributed by atoms with E-state index in [2.05, 4.69) is 0 Å². The van der Waals surface area contributed by atoms with Crippen molar-refractivity contribution in [2.75, 3.05) is 13.0 Å². The summed E-state index contributed by atoms with van der Waals surface area (Å²) >= 11 is 0. The Morgan fingerprint density at radius 1 is 1.47 bits per heavy atom. The minimum atomic E-state index is -2.15. The molecular weight excluding hydrogens is 213 g/mol. The Morgan fingerprint density at radius 2 is 2.18 bits per heavy atom.